The Kier molecular flexibility index (Phi) is 3.27. The van der Waals surface area contributed by atoms with Crippen molar-refractivity contribution in [2.75, 3.05) is 7.05 Å². The lowest BCUT2D eigenvalue weighted by atomic mass is 10.00. The van der Waals surface area contributed by atoms with E-state index in [1.807, 2.05) is 0 Å². The highest BCUT2D eigenvalue weighted by Crippen LogP contribution is 2.29. The van der Waals surface area contributed by atoms with Gasteiger partial charge in [0.2, 0.25) is 5.78 Å². The van der Waals surface area contributed by atoms with Crippen LogP contribution in [0.25, 0.3) is 0 Å². The van der Waals surface area contributed by atoms with E-state index in [1.165, 1.54) is 20.3 Å². The summed E-state index contributed by atoms with van der Waals surface area (Å²) in [4.78, 5) is 48.3. The van der Waals surface area contributed by atoms with E-state index in [0.29, 0.717) is 12.5 Å². The van der Waals surface area contributed by atoms with Crippen molar-refractivity contribution < 1.29 is 9.59 Å². The van der Waals surface area contributed by atoms with Gasteiger partial charge < -0.3 is 0 Å². The van der Waals surface area contributed by atoms with Gasteiger partial charge in [0.25, 0.3) is 5.56 Å². The van der Waals surface area contributed by atoms with Gasteiger partial charge >= 0.3 is 11.6 Å². The summed E-state index contributed by atoms with van der Waals surface area (Å²) in [5, 5.41) is 8.57. The largest absolute Gasteiger partial charge is 0.347 e. The third-order valence-corrected chi connectivity index (χ3v) is 3.84. The van der Waals surface area contributed by atoms with Gasteiger partial charge in [-0.3, -0.25) is 19.0 Å². The van der Waals surface area contributed by atoms with Crippen LogP contribution in [0.4, 0.5) is 0 Å². The highest BCUT2D eigenvalue weighted by atomic mass is 16.2. The second-order valence-electron chi connectivity index (χ2n) is 5.59. The molecule has 0 aromatic carbocycles. The van der Waals surface area contributed by atoms with Crippen molar-refractivity contribution in [3.8, 4) is 0 Å². The zero-order chi connectivity index (χ0) is 16.0. The minimum absolute atomic E-state index is 0.141. The second kappa shape index (κ2) is 5.00. The summed E-state index contributed by atoms with van der Waals surface area (Å²) in [5.74, 6) is -2.42. The predicted molar refractivity (Wildman–Crippen MR) is 75.5 cm³/mol. The molecule has 22 heavy (non-hydrogen) atoms. The van der Waals surface area contributed by atoms with Crippen molar-refractivity contribution in [2.24, 2.45) is 18.1 Å². The van der Waals surface area contributed by atoms with Crippen molar-refractivity contribution in [1.82, 2.24) is 19.4 Å². The summed E-state index contributed by atoms with van der Waals surface area (Å²) in [6.45, 7) is 0.312. The highest BCUT2D eigenvalue weighted by molar-refractivity contribution is 6.42. The number of rotatable bonds is 3. The lowest BCUT2D eigenvalue weighted by Gasteiger charge is -2.19. The standard InChI is InChI=1S/C13H15N5O4/c1-16-12(21)10(19)8(5-14-16)9-11(20)18(6-7-3-4-7)13(22)17(2)15-9/h5,7-8H,3-4,6H2,1-2H3. The fourth-order valence-electron chi connectivity index (χ4n) is 2.34. The molecular weight excluding hydrogens is 290 g/mol. The Bertz CT molecular complexity index is 802. The normalized spacial score (nSPS) is 21.5. The van der Waals surface area contributed by atoms with E-state index in [4.69, 9.17) is 0 Å². The molecule has 0 N–H and O–H groups in total. The molecule has 2 aliphatic rings. The Morgan fingerprint density at radius 2 is 1.86 bits per heavy atom. The molecule has 0 spiro atoms. The third kappa shape index (κ3) is 2.28. The van der Waals surface area contributed by atoms with Crippen LogP contribution in [-0.2, 0) is 23.2 Å². The molecule has 0 bridgehead atoms. The summed E-state index contributed by atoms with van der Waals surface area (Å²) in [7, 11) is 2.76. The number of hydrogen-bond acceptors (Lipinski definition) is 6. The number of aryl methyl sites for hydroxylation is 1. The van der Waals surface area contributed by atoms with Gasteiger partial charge in [0.1, 0.15) is 11.6 Å². The molecule has 1 aromatic heterocycles. The maximum absolute atomic E-state index is 12.5. The molecule has 2 heterocycles. The topological polar surface area (TPSA) is 107 Å². The number of aromatic nitrogens is 3. The smallest absolute Gasteiger partial charge is 0.287 e. The van der Waals surface area contributed by atoms with Crippen LogP contribution in [0.2, 0.25) is 0 Å². The number of carbonyl (C=O) groups is 2. The number of hydrogen-bond donors (Lipinski definition) is 0. The maximum atomic E-state index is 12.5. The van der Waals surface area contributed by atoms with Gasteiger partial charge in [-0.15, -0.1) is 0 Å². The average molecular weight is 305 g/mol. The van der Waals surface area contributed by atoms with Crippen LogP contribution in [0.5, 0.6) is 0 Å². The second-order valence-corrected chi connectivity index (χ2v) is 5.59. The van der Waals surface area contributed by atoms with Crippen LogP contribution in [-0.4, -0.2) is 44.3 Å². The average Bonchev–Trinajstić information content (AvgIpc) is 3.30. The molecule has 1 unspecified atom stereocenters. The predicted octanol–water partition coefficient (Wildman–Crippen LogP) is -1.54. The van der Waals surface area contributed by atoms with Crippen molar-refractivity contribution in [3.63, 3.8) is 0 Å². The molecule has 1 aromatic rings. The van der Waals surface area contributed by atoms with Crippen LogP contribution in [0.3, 0.4) is 0 Å². The molecule has 1 fully saturated rings. The Morgan fingerprint density at radius 1 is 1.18 bits per heavy atom. The van der Waals surface area contributed by atoms with Crippen molar-refractivity contribution >= 4 is 17.9 Å². The lowest BCUT2D eigenvalue weighted by Crippen LogP contribution is -2.47. The van der Waals surface area contributed by atoms with E-state index in [0.717, 1.165) is 27.1 Å². The Morgan fingerprint density at radius 3 is 2.50 bits per heavy atom. The molecule has 1 amide bonds. The van der Waals surface area contributed by atoms with E-state index in [9.17, 15) is 19.2 Å². The summed E-state index contributed by atoms with van der Waals surface area (Å²) in [5.41, 5.74) is -1.29. The first kappa shape index (κ1) is 14.4. The first-order valence-corrected chi connectivity index (χ1v) is 6.94. The molecule has 1 atom stereocenters. The van der Waals surface area contributed by atoms with Gasteiger partial charge in [0, 0.05) is 26.9 Å². The van der Waals surface area contributed by atoms with Gasteiger partial charge in [-0.05, 0) is 18.8 Å². The molecule has 0 saturated heterocycles. The van der Waals surface area contributed by atoms with E-state index >= 15 is 0 Å². The zero-order valence-corrected chi connectivity index (χ0v) is 12.2. The van der Waals surface area contributed by atoms with E-state index in [-0.39, 0.29) is 5.69 Å². The van der Waals surface area contributed by atoms with Gasteiger partial charge in [-0.25, -0.2) is 14.5 Å². The lowest BCUT2D eigenvalue weighted by molar-refractivity contribution is -0.144. The molecule has 1 aliphatic heterocycles. The minimum Gasteiger partial charge on any atom is -0.287 e. The monoisotopic (exact) mass is 305 g/mol. The quantitative estimate of drug-likeness (QED) is 0.629. The summed E-state index contributed by atoms with van der Waals surface area (Å²) >= 11 is 0. The number of amides is 1. The van der Waals surface area contributed by atoms with E-state index in [2.05, 4.69) is 10.2 Å². The molecule has 0 radical (unpaired) electrons. The molecule has 116 valence electrons. The molecular formula is C13H15N5O4. The van der Waals surface area contributed by atoms with Crippen LogP contribution in [0.15, 0.2) is 14.7 Å². The van der Waals surface area contributed by atoms with Crippen molar-refractivity contribution in [1.29, 1.82) is 0 Å². The molecule has 1 aliphatic carbocycles. The van der Waals surface area contributed by atoms with Gasteiger partial charge in [0.15, 0.2) is 0 Å². The number of hydrazone groups is 1. The van der Waals surface area contributed by atoms with E-state index < -0.39 is 28.9 Å². The van der Waals surface area contributed by atoms with Crippen molar-refractivity contribution in [2.45, 2.75) is 25.3 Å². The highest BCUT2D eigenvalue weighted by Gasteiger charge is 2.36. The molecule has 1 saturated carbocycles. The summed E-state index contributed by atoms with van der Waals surface area (Å²) < 4.78 is 2.10. The van der Waals surface area contributed by atoms with Crippen LogP contribution in [0, 0.1) is 5.92 Å². The van der Waals surface area contributed by atoms with Crippen LogP contribution < -0.4 is 11.2 Å². The van der Waals surface area contributed by atoms with Crippen LogP contribution in [0.1, 0.15) is 24.5 Å². The molecule has 9 heteroatoms. The fraction of sp³-hybridized carbons (Fsp3) is 0.538. The summed E-state index contributed by atoms with van der Waals surface area (Å²) in [6.07, 6.45) is 3.15. The Balaban J connectivity index is 2.11. The number of ketones is 1. The Labute approximate surface area is 124 Å². The van der Waals surface area contributed by atoms with Gasteiger partial charge in [-0.1, -0.05) is 0 Å². The third-order valence-electron chi connectivity index (χ3n) is 3.84. The van der Waals surface area contributed by atoms with Crippen LogP contribution >= 0.6 is 0 Å². The first-order valence-electron chi connectivity index (χ1n) is 6.94. The van der Waals surface area contributed by atoms with E-state index in [1.54, 1.807) is 0 Å². The minimum atomic E-state index is -1.14. The Hall–Kier alpha value is -2.58. The fourth-order valence-corrected chi connectivity index (χ4v) is 2.34. The zero-order valence-electron chi connectivity index (χ0n) is 12.2. The molecule has 9 nitrogen and oxygen atoms in total. The SMILES string of the molecule is CN1N=CC(c2nn(C)c(=O)n(CC3CC3)c2=O)C(=O)C1=O. The number of Topliss-reactive ketones (excluding diaryl/α,β-unsaturated/α-hetero) is 1. The van der Waals surface area contributed by atoms with Gasteiger partial charge in [0.05, 0.1) is 0 Å². The first-order chi connectivity index (χ1) is 10.4. The maximum Gasteiger partial charge on any atom is 0.347 e. The number of carbonyl (C=O) groups excluding carboxylic acids is 2. The van der Waals surface area contributed by atoms with Gasteiger partial charge in [-0.2, -0.15) is 10.2 Å². The molecule has 3 rings (SSSR count). The van der Waals surface area contributed by atoms with Crippen molar-refractivity contribution in [3.05, 3.63) is 26.5 Å². The number of likely N-dealkylation sites (N-methyl/N-ethyl adjacent to an activating group) is 1. The summed E-state index contributed by atoms with van der Waals surface area (Å²) in [6, 6.07) is 0. The number of nitrogens with zero attached hydrogens (tertiary/aromatic N) is 5.